The monoisotopic (exact) mass is 589 g/mol. The molecule has 5 heteroatoms. The minimum absolute atomic E-state index is 0.121. The van der Waals surface area contributed by atoms with E-state index in [1.54, 1.807) is 22.7 Å². The van der Waals surface area contributed by atoms with Gasteiger partial charge in [0.25, 0.3) is 0 Å². The first-order valence-electron chi connectivity index (χ1n) is 14.1. The molecule has 0 N–H and O–H groups in total. The number of rotatable bonds is 3. The normalized spacial score (nSPS) is 17.8. The topological polar surface area (TPSA) is 50.8 Å². The van der Waals surface area contributed by atoms with Crippen molar-refractivity contribution < 1.29 is 0 Å². The fourth-order valence-corrected chi connectivity index (χ4v) is 8.46. The number of fused-ring (bicyclic) bond motifs is 3. The molecule has 3 nitrogen and oxygen atoms in total. The number of hydrogen-bond acceptors (Lipinski definition) is 5. The number of para-hydroxylation sites is 1. The molecule has 0 spiro atoms. The van der Waals surface area contributed by atoms with Crippen LogP contribution in [0.5, 0.6) is 0 Å². The lowest BCUT2D eigenvalue weighted by Crippen LogP contribution is -2.22. The molecule has 0 fully saturated rings. The van der Waals surface area contributed by atoms with Crippen molar-refractivity contribution in [1.29, 1.82) is 10.5 Å². The lowest BCUT2D eigenvalue weighted by Gasteiger charge is -2.23. The minimum atomic E-state index is -0.184. The van der Waals surface area contributed by atoms with Gasteiger partial charge in [0.1, 0.15) is 17.7 Å². The van der Waals surface area contributed by atoms with Crippen molar-refractivity contribution in [3.05, 3.63) is 142 Å². The molecule has 0 saturated heterocycles. The maximum Gasteiger partial charge on any atom is 0.138 e. The van der Waals surface area contributed by atoms with Crippen LogP contribution >= 0.6 is 22.7 Å². The van der Waals surface area contributed by atoms with E-state index >= 15 is 0 Å². The zero-order valence-corrected chi connectivity index (χ0v) is 25.7. The quantitative estimate of drug-likeness (QED) is 0.197. The molecule has 5 aromatic rings. The second-order valence-electron chi connectivity index (χ2n) is 11.3. The summed E-state index contributed by atoms with van der Waals surface area (Å²) in [6.07, 6.45) is 6.39. The van der Waals surface area contributed by atoms with Crippen molar-refractivity contribution in [3.8, 4) is 21.9 Å². The Bertz CT molecular complexity index is 2100. The fourth-order valence-electron chi connectivity index (χ4n) is 6.37. The molecular weight excluding hydrogens is 563 g/mol. The summed E-state index contributed by atoms with van der Waals surface area (Å²) in [5, 5.41) is 21.5. The number of thiophene rings is 2. The van der Waals surface area contributed by atoms with Crippen LogP contribution in [0.4, 0.5) is 5.69 Å². The van der Waals surface area contributed by atoms with Gasteiger partial charge in [-0.25, -0.2) is 0 Å². The summed E-state index contributed by atoms with van der Waals surface area (Å²) in [6.45, 7) is 4.48. The lowest BCUT2D eigenvalue weighted by molar-refractivity contribution is 0.640. The van der Waals surface area contributed by atoms with Gasteiger partial charge >= 0.3 is 0 Å². The third-order valence-electron chi connectivity index (χ3n) is 8.45. The van der Waals surface area contributed by atoms with Gasteiger partial charge in [-0.2, -0.15) is 10.5 Å². The van der Waals surface area contributed by atoms with Gasteiger partial charge in [-0.3, -0.25) is 0 Å². The highest BCUT2D eigenvalue weighted by Gasteiger charge is 2.38. The van der Waals surface area contributed by atoms with E-state index in [2.05, 4.69) is 135 Å². The highest BCUT2D eigenvalue weighted by molar-refractivity contribution is 7.26. The Morgan fingerprint density at radius 3 is 2.21 bits per heavy atom. The molecule has 0 unspecified atom stereocenters. The third-order valence-corrected chi connectivity index (χ3v) is 10.8. The summed E-state index contributed by atoms with van der Waals surface area (Å²) in [7, 11) is 2.10. The van der Waals surface area contributed by atoms with Gasteiger partial charge in [-0.1, -0.05) is 80.6 Å². The average Bonchev–Trinajstić information content (AvgIpc) is 3.78. The summed E-state index contributed by atoms with van der Waals surface area (Å²) in [5.74, 6) is 0. The van der Waals surface area contributed by atoms with Crippen LogP contribution < -0.4 is 4.90 Å². The first kappa shape index (κ1) is 26.9. The highest BCUT2D eigenvalue weighted by Crippen LogP contribution is 2.50. The summed E-state index contributed by atoms with van der Waals surface area (Å²) in [5.41, 5.74) is 8.14. The zero-order valence-electron chi connectivity index (χ0n) is 24.1. The number of nitrogens with zero attached hydrogens (tertiary/aromatic N) is 3. The molecule has 0 amide bonds. The Morgan fingerprint density at radius 2 is 1.47 bits per heavy atom. The van der Waals surface area contributed by atoms with Crippen molar-refractivity contribution in [2.45, 2.75) is 19.3 Å². The second-order valence-corrected chi connectivity index (χ2v) is 13.5. The number of hydrogen-bond donors (Lipinski definition) is 0. The van der Waals surface area contributed by atoms with E-state index in [-0.39, 0.29) is 11.0 Å². The summed E-state index contributed by atoms with van der Waals surface area (Å²) in [4.78, 5) is 5.77. The molecule has 3 heterocycles. The van der Waals surface area contributed by atoms with Crippen LogP contribution in [0.2, 0.25) is 0 Å². The van der Waals surface area contributed by atoms with Crippen LogP contribution in [0.25, 0.3) is 37.1 Å². The molecule has 3 aromatic carbocycles. The van der Waals surface area contributed by atoms with Gasteiger partial charge in [-0.15, -0.1) is 22.7 Å². The number of allylic oxidation sites excluding steroid dienone is 7. The standard InChI is InChI=1S/C38H27N3S2/c1-38(2)31-13-7-8-14-32(31)41(3)36(38)19-17-29-27-11-5-6-12-28(27)30(37(29)25(22-39)23-40)21-26-16-18-34(42-26)35-20-24-10-4-9-15-33(24)43-35/h4-21H,1-3H3/b29-17+,30-21+,36-19-. The Morgan fingerprint density at radius 1 is 0.767 bits per heavy atom. The van der Waals surface area contributed by atoms with Crippen LogP contribution in [0.3, 0.4) is 0 Å². The van der Waals surface area contributed by atoms with Crippen molar-refractivity contribution >= 4 is 55.7 Å². The smallest absolute Gasteiger partial charge is 0.138 e. The molecule has 1 aliphatic carbocycles. The van der Waals surface area contributed by atoms with E-state index in [1.807, 2.05) is 12.1 Å². The van der Waals surface area contributed by atoms with Crippen LogP contribution in [0, 0.1) is 22.7 Å². The number of benzene rings is 3. The molecule has 2 aromatic heterocycles. The number of likely N-dealkylation sites (N-methyl/N-ethyl adjacent to an activating group) is 1. The predicted octanol–water partition coefficient (Wildman–Crippen LogP) is 10.2. The number of nitriles is 2. The van der Waals surface area contributed by atoms with Crippen molar-refractivity contribution in [2.24, 2.45) is 0 Å². The van der Waals surface area contributed by atoms with E-state index in [9.17, 15) is 10.5 Å². The van der Waals surface area contributed by atoms with Gasteiger partial charge in [0.15, 0.2) is 0 Å². The number of anilines is 1. The Kier molecular flexibility index (Phi) is 6.51. The molecule has 0 radical (unpaired) electrons. The molecule has 2 aliphatic rings. The van der Waals surface area contributed by atoms with Crippen molar-refractivity contribution in [1.82, 2.24) is 0 Å². The van der Waals surface area contributed by atoms with Gasteiger partial charge in [-0.05, 0) is 75.7 Å². The van der Waals surface area contributed by atoms with Crippen molar-refractivity contribution in [3.63, 3.8) is 0 Å². The van der Waals surface area contributed by atoms with Gasteiger partial charge in [0.2, 0.25) is 0 Å². The Labute approximate surface area is 259 Å². The molecule has 7 rings (SSSR count). The average molecular weight is 590 g/mol. The second kappa shape index (κ2) is 10.4. The van der Waals surface area contributed by atoms with E-state index in [0.29, 0.717) is 5.57 Å². The van der Waals surface area contributed by atoms with Crippen LogP contribution in [0.1, 0.15) is 35.4 Å². The van der Waals surface area contributed by atoms with Gasteiger partial charge in [0, 0.05) is 48.8 Å². The first-order chi connectivity index (χ1) is 20.9. The fraction of sp³-hybridized carbons (Fsp3) is 0.105. The molecule has 43 heavy (non-hydrogen) atoms. The van der Waals surface area contributed by atoms with Crippen molar-refractivity contribution in [2.75, 3.05) is 11.9 Å². The van der Waals surface area contributed by atoms with E-state index in [1.165, 1.54) is 31.1 Å². The summed E-state index contributed by atoms with van der Waals surface area (Å²) >= 11 is 3.52. The minimum Gasteiger partial charge on any atom is -0.347 e. The molecule has 1 aliphatic heterocycles. The highest BCUT2D eigenvalue weighted by atomic mass is 32.1. The van der Waals surface area contributed by atoms with E-state index < -0.39 is 0 Å². The lowest BCUT2D eigenvalue weighted by atomic mass is 9.83. The van der Waals surface area contributed by atoms with Crippen LogP contribution in [-0.4, -0.2) is 7.05 Å². The Balaban J connectivity index is 1.36. The first-order valence-corrected chi connectivity index (χ1v) is 15.7. The molecular formula is C38H27N3S2. The predicted molar refractivity (Wildman–Crippen MR) is 182 cm³/mol. The zero-order chi connectivity index (χ0) is 29.7. The Hall–Kier alpha value is -4.94. The van der Waals surface area contributed by atoms with Crippen LogP contribution in [0.15, 0.2) is 120 Å². The third kappa shape index (κ3) is 4.37. The molecule has 0 bridgehead atoms. The molecule has 206 valence electrons. The molecule has 0 saturated carbocycles. The maximum atomic E-state index is 10.1. The van der Waals surface area contributed by atoms with Crippen LogP contribution in [-0.2, 0) is 5.41 Å². The summed E-state index contributed by atoms with van der Waals surface area (Å²) in [6, 6.07) is 36.1. The maximum absolute atomic E-state index is 10.1. The summed E-state index contributed by atoms with van der Waals surface area (Å²) < 4.78 is 1.27. The van der Waals surface area contributed by atoms with Gasteiger partial charge in [0.05, 0.1) is 0 Å². The van der Waals surface area contributed by atoms with E-state index in [0.717, 1.165) is 32.8 Å². The molecule has 0 atom stereocenters. The largest absolute Gasteiger partial charge is 0.347 e. The van der Waals surface area contributed by atoms with E-state index in [4.69, 9.17) is 0 Å². The SMILES string of the molecule is CN1/C(=C\C=C2\C(=C(C#N)C#N)/C(=C/c3ccc(-c4cc5ccccc5s4)s3)c3ccccc32)C(C)(C)c2ccccc21. The van der Waals surface area contributed by atoms with Gasteiger partial charge < -0.3 is 4.90 Å².